The van der Waals surface area contributed by atoms with Crippen LogP contribution in [0.4, 0.5) is 13.2 Å². The molecule has 0 radical (unpaired) electrons. The molecule has 1 aliphatic rings. The lowest BCUT2D eigenvalue weighted by atomic mass is 9.79. The van der Waals surface area contributed by atoms with Crippen LogP contribution in [0.2, 0.25) is 0 Å². The second-order valence-corrected chi connectivity index (χ2v) is 6.12. The van der Waals surface area contributed by atoms with Crippen molar-refractivity contribution in [2.24, 2.45) is 5.41 Å². The Kier molecular flexibility index (Phi) is 4.91. The quantitative estimate of drug-likeness (QED) is 0.836. The molecule has 0 saturated carbocycles. The van der Waals surface area contributed by atoms with Gasteiger partial charge in [0.25, 0.3) is 0 Å². The Bertz CT molecular complexity index is 502. The van der Waals surface area contributed by atoms with E-state index < -0.39 is 28.9 Å². The number of rotatable bonds is 4. The molecule has 0 aliphatic carbocycles. The summed E-state index contributed by atoms with van der Waals surface area (Å²) in [6.07, 6.45) is 0. The van der Waals surface area contributed by atoms with Crippen molar-refractivity contribution in [1.29, 1.82) is 0 Å². The molecule has 1 aromatic carbocycles. The Morgan fingerprint density at radius 1 is 1.14 bits per heavy atom. The van der Waals surface area contributed by atoms with Crippen molar-refractivity contribution >= 4 is 0 Å². The van der Waals surface area contributed by atoms with E-state index in [0.717, 1.165) is 19.2 Å². The summed E-state index contributed by atoms with van der Waals surface area (Å²) in [6, 6.07) is 0.974. The van der Waals surface area contributed by atoms with Gasteiger partial charge in [-0.3, -0.25) is 4.90 Å². The second-order valence-electron chi connectivity index (χ2n) is 6.12. The van der Waals surface area contributed by atoms with Crippen LogP contribution in [0.5, 0.6) is 0 Å². The number of hydrogen-bond acceptors (Lipinski definition) is 3. The van der Waals surface area contributed by atoms with Gasteiger partial charge < -0.3 is 10.4 Å². The SMILES string of the molecule is CC(C)(CO)[C@H](c1cc(F)c(F)cc1F)N1CCNCC1. The Labute approximate surface area is 122 Å². The van der Waals surface area contributed by atoms with Crippen LogP contribution < -0.4 is 5.32 Å². The number of nitrogens with zero attached hydrogens (tertiary/aromatic N) is 1. The van der Waals surface area contributed by atoms with E-state index in [1.807, 2.05) is 4.90 Å². The van der Waals surface area contributed by atoms with E-state index in [2.05, 4.69) is 5.32 Å². The van der Waals surface area contributed by atoms with Gasteiger partial charge >= 0.3 is 0 Å². The van der Waals surface area contributed by atoms with E-state index >= 15 is 0 Å². The average Bonchev–Trinajstić information content (AvgIpc) is 2.45. The molecule has 6 heteroatoms. The van der Waals surface area contributed by atoms with E-state index in [9.17, 15) is 18.3 Å². The lowest BCUT2D eigenvalue weighted by Gasteiger charge is -2.43. The minimum Gasteiger partial charge on any atom is -0.396 e. The summed E-state index contributed by atoms with van der Waals surface area (Å²) < 4.78 is 40.9. The normalized spacial score (nSPS) is 18.8. The fourth-order valence-corrected chi connectivity index (χ4v) is 2.89. The first-order valence-corrected chi connectivity index (χ1v) is 7.07. The molecule has 0 spiro atoms. The molecule has 1 saturated heterocycles. The predicted molar refractivity (Wildman–Crippen MR) is 74.4 cm³/mol. The minimum atomic E-state index is -1.20. The molecule has 1 aromatic rings. The average molecular weight is 302 g/mol. The largest absolute Gasteiger partial charge is 0.396 e. The van der Waals surface area contributed by atoms with E-state index in [0.29, 0.717) is 19.2 Å². The molecular formula is C15H21F3N2O. The Balaban J connectivity index is 2.46. The number of hydrogen-bond donors (Lipinski definition) is 2. The number of nitrogens with one attached hydrogen (secondary N) is 1. The second kappa shape index (κ2) is 6.34. The minimum absolute atomic E-state index is 0.0925. The highest BCUT2D eigenvalue weighted by atomic mass is 19.2. The van der Waals surface area contributed by atoms with Crippen LogP contribution in [0.3, 0.4) is 0 Å². The topological polar surface area (TPSA) is 35.5 Å². The summed E-state index contributed by atoms with van der Waals surface area (Å²) in [6.45, 7) is 6.20. The summed E-state index contributed by atoms with van der Waals surface area (Å²) in [5, 5.41) is 12.8. The summed E-state index contributed by atoms with van der Waals surface area (Å²) in [5.41, 5.74) is -0.586. The first-order valence-electron chi connectivity index (χ1n) is 7.07. The van der Waals surface area contributed by atoms with Crippen LogP contribution in [0.25, 0.3) is 0 Å². The highest BCUT2D eigenvalue weighted by Crippen LogP contribution is 2.39. The predicted octanol–water partition coefficient (Wildman–Crippen LogP) is 2.07. The van der Waals surface area contributed by atoms with Crippen molar-refractivity contribution < 1.29 is 18.3 Å². The Morgan fingerprint density at radius 3 is 2.29 bits per heavy atom. The molecule has 1 atom stereocenters. The van der Waals surface area contributed by atoms with Crippen molar-refractivity contribution in [2.45, 2.75) is 19.9 Å². The monoisotopic (exact) mass is 302 g/mol. The first kappa shape index (κ1) is 16.3. The van der Waals surface area contributed by atoms with Crippen molar-refractivity contribution in [3.05, 3.63) is 35.1 Å². The van der Waals surface area contributed by atoms with Crippen LogP contribution in [0, 0.1) is 22.9 Å². The van der Waals surface area contributed by atoms with Gasteiger partial charge in [-0.25, -0.2) is 13.2 Å². The van der Waals surface area contributed by atoms with Crippen LogP contribution in [0.1, 0.15) is 25.5 Å². The van der Waals surface area contributed by atoms with Crippen LogP contribution >= 0.6 is 0 Å². The molecule has 2 N–H and O–H groups in total. The zero-order valence-electron chi connectivity index (χ0n) is 12.3. The third-order valence-electron chi connectivity index (χ3n) is 4.00. The van der Waals surface area contributed by atoms with Gasteiger partial charge in [0.2, 0.25) is 0 Å². The lowest BCUT2D eigenvalue weighted by Crippen LogP contribution is -2.49. The summed E-state index contributed by atoms with van der Waals surface area (Å²) in [5.74, 6) is -3.05. The van der Waals surface area contributed by atoms with Crippen LogP contribution in [0.15, 0.2) is 12.1 Å². The fourth-order valence-electron chi connectivity index (χ4n) is 2.89. The molecule has 1 aliphatic heterocycles. The standard InChI is InChI=1S/C15H21F3N2O/c1-15(2,9-21)14(20-5-3-19-4-6-20)10-7-12(17)13(18)8-11(10)16/h7-8,14,19,21H,3-6,9H2,1-2H3/t14-/m0/s1. The van der Waals surface area contributed by atoms with E-state index in [-0.39, 0.29) is 12.2 Å². The maximum Gasteiger partial charge on any atom is 0.161 e. The van der Waals surface area contributed by atoms with Gasteiger partial charge in [-0.2, -0.15) is 0 Å². The van der Waals surface area contributed by atoms with Gasteiger partial charge in [0.05, 0.1) is 0 Å². The van der Waals surface area contributed by atoms with Crippen LogP contribution in [-0.4, -0.2) is 42.8 Å². The summed E-state index contributed by atoms with van der Waals surface area (Å²) in [4.78, 5) is 2.00. The maximum atomic E-state index is 14.2. The lowest BCUT2D eigenvalue weighted by molar-refractivity contribution is 0.0284. The van der Waals surface area contributed by atoms with Crippen LogP contribution in [-0.2, 0) is 0 Å². The van der Waals surface area contributed by atoms with Gasteiger partial charge in [0.1, 0.15) is 5.82 Å². The maximum absolute atomic E-state index is 14.2. The highest BCUT2D eigenvalue weighted by molar-refractivity contribution is 5.25. The Morgan fingerprint density at radius 2 is 1.71 bits per heavy atom. The fraction of sp³-hybridized carbons (Fsp3) is 0.600. The van der Waals surface area contributed by atoms with Gasteiger partial charge in [-0.1, -0.05) is 13.8 Å². The molecule has 0 amide bonds. The molecule has 1 heterocycles. The number of aliphatic hydroxyl groups is 1. The van der Waals surface area contributed by atoms with Gasteiger partial charge in [-0.15, -0.1) is 0 Å². The number of aliphatic hydroxyl groups excluding tert-OH is 1. The smallest absolute Gasteiger partial charge is 0.161 e. The summed E-state index contributed by atoms with van der Waals surface area (Å²) in [7, 11) is 0. The van der Waals surface area contributed by atoms with E-state index in [1.165, 1.54) is 0 Å². The molecule has 2 rings (SSSR count). The number of piperazine rings is 1. The first-order chi connectivity index (χ1) is 9.86. The van der Waals surface area contributed by atoms with E-state index in [4.69, 9.17) is 0 Å². The summed E-state index contributed by atoms with van der Waals surface area (Å²) >= 11 is 0. The van der Waals surface area contributed by atoms with Gasteiger partial charge in [0, 0.05) is 55.9 Å². The third-order valence-corrected chi connectivity index (χ3v) is 4.00. The van der Waals surface area contributed by atoms with E-state index in [1.54, 1.807) is 13.8 Å². The molecule has 0 bridgehead atoms. The molecule has 0 unspecified atom stereocenters. The van der Waals surface area contributed by atoms with Gasteiger partial charge in [-0.05, 0) is 6.07 Å². The van der Waals surface area contributed by atoms with Gasteiger partial charge in [0.15, 0.2) is 11.6 Å². The highest BCUT2D eigenvalue weighted by Gasteiger charge is 2.37. The van der Waals surface area contributed by atoms with Crippen molar-refractivity contribution in [2.75, 3.05) is 32.8 Å². The number of halogens is 3. The molecule has 3 nitrogen and oxygen atoms in total. The molecule has 1 fully saturated rings. The van der Waals surface area contributed by atoms with Crippen molar-refractivity contribution in [3.8, 4) is 0 Å². The zero-order chi connectivity index (χ0) is 15.6. The molecule has 21 heavy (non-hydrogen) atoms. The van der Waals surface area contributed by atoms with Crippen molar-refractivity contribution in [1.82, 2.24) is 10.2 Å². The number of benzene rings is 1. The molecular weight excluding hydrogens is 281 g/mol. The molecule has 0 aromatic heterocycles. The molecule has 118 valence electrons. The Hall–Kier alpha value is -1.11. The van der Waals surface area contributed by atoms with Crippen molar-refractivity contribution in [3.63, 3.8) is 0 Å². The zero-order valence-corrected chi connectivity index (χ0v) is 12.3. The third kappa shape index (κ3) is 3.39.